The summed E-state index contributed by atoms with van der Waals surface area (Å²) in [6.45, 7) is 2.18. The van der Waals surface area contributed by atoms with Crippen LogP contribution in [0.5, 0.6) is 0 Å². The molecule has 0 fully saturated rings. The number of fused-ring (bicyclic) bond motifs is 6. The number of aryl methyl sites for hydroxylation is 1. The Morgan fingerprint density at radius 3 is 1.48 bits per heavy atom. The van der Waals surface area contributed by atoms with Gasteiger partial charge in [0, 0.05) is 17.1 Å². The van der Waals surface area contributed by atoms with Gasteiger partial charge in [-0.3, -0.25) is 0 Å². The molecule has 12 aromatic carbocycles. The van der Waals surface area contributed by atoms with E-state index in [2.05, 4.69) is 230 Å². The van der Waals surface area contributed by atoms with Gasteiger partial charge in [-0.1, -0.05) is 176 Å². The smallest absolute Gasteiger partial charge is 0.0473 e. The van der Waals surface area contributed by atoms with E-state index >= 15 is 0 Å². The van der Waals surface area contributed by atoms with E-state index in [0.29, 0.717) is 0 Å². The van der Waals surface area contributed by atoms with Gasteiger partial charge >= 0.3 is 0 Å². The zero-order chi connectivity index (χ0) is 39.7. The minimum atomic E-state index is 1.12. The highest BCUT2D eigenvalue weighted by Gasteiger charge is 2.23. The summed E-state index contributed by atoms with van der Waals surface area (Å²) in [5.41, 5.74) is 11.9. The fourth-order valence-electron chi connectivity index (χ4n) is 9.96. The van der Waals surface area contributed by atoms with Crippen molar-refractivity contribution in [3.8, 4) is 33.4 Å². The van der Waals surface area contributed by atoms with E-state index in [1.54, 1.807) is 0 Å². The molecule has 0 saturated carbocycles. The highest BCUT2D eigenvalue weighted by atomic mass is 15.1. The van der Waals surface area contributed by atoms with Gasteiger partial charge in [-0.2, -0.15) is 0 Å². The Balaban J connectivity index is 1.20. The second-order valence-electron chi connectivity index (χ2n) is 16.1. The number of hydrogen-bond donors (Lipinski definition) is 0. The van der Waals surface area contributed by atoms with Gasteiger partial charge < -0.3 is 4.90 Å². The molecule has 0 N–H and O–H groups in total. The molecule has 1 nitrogen and oxygen atoms in total. The normalized spacial score (nSPS) is 11.8. The first-order valence-electron chi connectivity index (χ1n) is 20.8. The van der Waals surface area contributed by atoms with Gasteiger partial charge in [0.2, 0.25) is 0 Å². The van der Waals surface area contributed by atoms with Crippen LogP contribution in [0.3, 0.4) is 0 Å². The summed E-state index contributed by atoms with van der Waals surface area (Å²) in [5, 5.41) is 15.2. The van der Waals surface area contributed by atoms with E-state index in [1.807, 2.05) is 0 Å². The summed E-state index contributed by atoms with van der Waals surface area (Å²) in [6.07, 6.45) is 0. The lowest BCUT2D eigenvalue weighted by atomic mass is 9.81. The standard InChI is InChI=1S/C59H39N/c1-38-15-13-24-46(33-38)60(48-34-44-29-27-42-22-14-23-43-28-30-45(35-48)56(44)55(42)43)47-31-32-51-54(36-47)49-25-11-12-26-50(49)58-53(40-18-7-3-8-19-40)37-52(39-16-5-2-6-17-39)57(59(51)58)41-20-9-4-10-21-41/h2-37H,1H3. The van der Waals surface area contributed by atoms with Gasteiger partial charge in [0.15, 0.2) is 0 Å². The molecule has 0 saturated heterocycles. The van der Waals surface area contributed by atoms with Crippen molar-refractivity contribution in [2.75, 3.05) is 4.90 Å². The lowest BCUT2D eigenvalue weighted by Gasteiger charge is -2.28. The second kappa shape index (κ2) is 13.7. The summed E-state index contributed by atoms with van der Waals surface area (Å²) in [6, 6.07) is 80.9. The van der Waals surface area contributed by atoms with Crippen LogP contribution in [0.2, 0.25) is 0 Å². The van der Waals surface area contributed by atoms with Crippen LogP contribution in [0.1, 0.15) is 5.56 Å². The molecule has 280 valence electrons. The minimum absolute atomic E-state index is 1.12. The van der Waals surface area contributed by atoms with Crippen LogP contribution in [0, 0.1) is 6.92 Å². The Hall–Kier alpha value is -7.74. The fourth-order valence-corrected chi connectivity index (χ4v) is 9.96. The maximum absolute atomic E-state index is 2.45. The maximum Gasteiger partial charge on any atom is 0.0473 e. The van der Waals surface area contributed by atoms with Crippen LogP contribution < -0.4 is 4.90 Å². The molecule has 0 aliphatic carbocycles. The molecule has 0 radical (unpaired) electrons. The van der Waals surface area contributed by atoms with Crippen LogP contribution in [0.25, 0.3) is 98.0 Å². The van der Waals surface area contributed by atoms with Gasteiger partial charge in [-0.15, -0.1) is 0 Å². The Labute approximate surface area is 349 Å². The molecule has 0 aliphatic heterocycles. The largest absolute Gasteiger partial charge is 0.310 e. The lowest BCUT2D eigenvalue weighted by molar-refractivity contribution is 1.28. The first-order chi connectivity index (χ1) is 29.7. The molecule has 0 heterocycles. The van der Waals surface area contributed by atoms with Crippen LogP contribution in [-0.2, 0) is 0 Å². The molecule has 0 unspecified atom stereocenters. The number of rotatable bonds is 6. The number of nitrogens with zero attached hydrogens (tertiary/aromatic N) is 1. The van der Waals surface area contributed by atoms with Gasteiger partial charge in [0.1, 0.15) is 0 Å². The highest BCUT2D eigenvalue weighted by molar-refractivity contribution is 6.33. The molecule has 0 bridgehead atoms. The van der Waals surface area contributed by atoms with Crippen molar-refractivity contribution in [1.82, 2.24) is 0 Å². The molecule has 12 aromatic rings. The molecule has 0 aliphatic rings. The van der Waals surface area contributed by atoms with E-state index < -0.39 is 0 Å². The van der Waals surface area contributed by atoms with Crippen molar-refractivity contribution in [3.63, 3.8) is 0 Å². The first-order valence-corrected chi connectivity index (χ1v) is 20.8. The molecule has 60 heavy (non-hydrogen) atoms. The predicted octanol–water partition coefficient (Wildman–Crippen LogP) is 16.8. The topological polar surface area (TPSA) is 3.24 Å². The van der Waals surface area contributed by atoms with Crippen molar-refractivity contribution in [2.24, 2.45) is 0 Å². The maximum atomic E-state index is 2.45. The number of benzene rings is 12. The SMILES string of the molecule is Cc1cccc(N(c2cc3ccc4cccc5ccc(c2)c3c45)c2ccc3c(c2)c2ccccc2c2c(-c4ccccc4)cc(-c4ccccc4)c(-c4ccccc4)c32)c1. The van der Waals surface area contributed by atoms with Crippen LogP contribution in [0.4, 0.5) is 17.1 Å². The number of anilines is 3. The molecule has 0 amide bonds. The monoisotopic (exact) mass is 761 g/mol. The van der Waals surface area contributed by atoms with Crippen molar-refractivity contribution in [2.45, 2.75) is 6.92 Å². The zero-order valence-corrected chi connectivity index (χ0v) is 33.2. The Kier molecular flexibility index (Phi) is 7.83. The van der Waals surface area contributed by atoms with E-state index in [4.69, 9.17) is 0 Å². The first kappa shape index (κ1) is 34.3. The van der Waals surface area contributed by atoms with Gasteiger partial charge in [0.05, 0.1) is 0 Å². The van der Waals surface area contributed by atoms with Crippen LogP contribution in [-0.4, -0.2) is 0 Å². The van der Waals surface area contributed by atoms with E-state index in [-0.39, 0.29) is 0 Å². The molecule has 12 rings (SSSR count). The van der Waals surface area contributed by atoms with Gasteiger partial charge in [-0.25, -0.2) is 0 Å². The second-order valence-corrected chi connectivity index (χ2v) is 16.1. The third-order valence-electron chi connectivity index (χ3n) is 12.5. The molecular weight excluding hydrogens is 723 g/mol. The Morgan fingerprint density at radius 2 is 0.817 bits per heavy atom. The third-order valence-corrected chi connectivity index (χ3v) is 12.5. The summed E-state index contributed by atoms with van der Waals surface area (Å²) < 4.78 is 0. The zero-order valence-electron chi connectivity index (χ0n) is 33.2. The Bertz CT molecular complexity index is 3520. The third kappa shape index (κ3) is 5.40. The van der Waals surface area contributed by atoms with Gasteiger partial charge in [0.25, 0.3) is 0 Å². The minimum Gasteiger partial charge on any atom is -0.310 e. The molecule has 0 atom stereocenters. The summed E-state index contributed by atoms with van der Waals surface area (Å²) in [5.74, 6) is 0. The van der Waals surface area contributed by atoms with Gasteiger partial charge in [-0.05, 0) is 153 Å². The summed E-state index contributed by atoms with van der Waals surface area (Å²) in [4.78, 5) is 2.45. The Morgan fingerprint density at radius 1 is 0.283 bits per heavy atom. The molecule has 0 aromatic heterocycles. The lowest BCUT2D eigenvalue weighted by Crippen LogP contribution is -2.10. The van der Waals surface area contributed by atoms with Crippen LogP contribution >= 0.6 is 0 Å². The van der Waals surface area contributed by atoms with Crippen molar-refractivity contribution in [3.05, 3.63) is 224 Å². The van der Waals surface area contributed by atoms with E-state index in [9.17, 15) is 0 Å². The van der Waals surface area contributed by atoms with Crippen molar-refractivity contribution >= 4 is 81.7 Å². The summed E-state index contributed by atoms with van der Waals surface area (Å²) >= 11 is 0. The molecule has 1 heteroatoms. The molecular formula is C59H39N. The summed E-state index contributed by atoms with van der Waals surface area (Å²) in [7, 11) is 0. The quantitative estimate of drug-likeness (QED) is 0.153. The number of hydrogen-bond acceptors (Lipinski definition) is 1. The van der Waals surface area contributed by atoms with Crippen molar-refractivity contribution in [1.29, 1.82) is 0 Å². The van der Waals surface area contributed by atoms with E-state index in [1.165, 1.54) is 104 Å². The van der Waals surface area contributed by atoms with Crippen molar-refractivity contribution < 1.29 is 0 Å². The average Bonchev–Trinajstić information content (AvgIpc) is 3.31. The van der Waals surface area contributed by atoms with E-state index in [0.717, 1.165) is 17.1 Å². The average molecular weight is 762 g/mol. The predicted molar refractivity (Wildman–Crippen MR) is 258 cm³/mol. The van der Waals surface area contributed by atoms with Crippen LogP contribution in [0.15, 0.2) is 218 Å². The highest BCUT2D eigenvalue weighted by Crippen LogP contribution is 2.50. The molecule has 0 spiro atoms. The fraction of sp³-hybridized carbons (Fsp3) is 0.0169.